The molecular formula is C55H34N8. The maximum Gasteiger partial charge on any atom is 0.238 e. The Hall–Kier alpha value is -8.75. The van der Waals surface area contributed by atoms with Gasteiger partial charge in [-0.25, -0.2) is 4.98 Å². The van der Waals surface area contributed by atoms with Gasteiger partial charge in [-0.15, -0.1) is 0 Å². The van der Waals surface area contributed by atoms with Gasteiger partial charge in [-0.05, 0) is 65.7 Å². The summed E-state index contributed by atoms with van der Waals surface area (Å²) in [7, 11) is 0. The van der Waals surface area contributed by atoms with Crippen LogP contribution in [0, 0.1) is 0 Å². The molecule has 0 aliphatic rings. The summed E-state index contributed by atoms with van der Waals surface area (Å²) in [5.41, 5.74) is 13.4. The summed E-state index contributed by atoms with van der Waals surface area (Å²) < 4.78 is 6.78. The molecule has 0 unspecified atom stereocenters. The van der Waals surface area contributed by atoms with Crippen molar-refractivity contribution >= 4 is 65.5 Å². The molecule has 0 bridgehead atoms. The van der Waals surface area contributed by atoms with Gasteiger partial charge in [0.25, 0.3) is 0 Å². The standard InChI is InChI=1S/C55H34N8/c1-3-14-35(15-4-1)53-58-54(36-16-5-2-6-17-36)60-55(59-53)63-47-22-11-7-18-41(47)43-27-25-38(31-51(43)63)37-26-28-49-45(30-37)42-19-8-10-21-46(42)61(49)39-32-40(34-56-33-39)62-48-23-12-9-20-44(48)52-50(62)24-13-29-57-52/h1-34H. The lowest BCUT2D eigenvalue weighted by Crippen LogP contribution is -2.06. The zero-order chi connectivity index (χ0) is 41.4. The van der Waals surface area contributed by atoms with Gasteiger partial charge in [0.2, 0.25) is 5.95 Å². The largest absolute Gasteiger partial charge is 0.308 e. The van der Waals surface area contributed by atoms with Crippen LogP contribution in [0.25, 0.3) is 117 Å². The number of rotatable bonds is 6. The Morgan fingerprint density at radius 1 is 0.317 bits per heavy atom. The highest BCUT2D eigenvalue weighted by molar-refractivity contribution is 6.12. The molecule has 0 fully saturated rings. The smallest absolute Gasteiger partial charge is 0.238 e. The topological polar surface area (TPSA) is 79.2 Å². The molecule has 63 heavy (non-hydrogen) atoms. The quantitative estimate of drug-likeness (QED) is 0.167. The van der Waals surface area contributed by atoms with E-state index in [-0.39, 0.29) is 0 Å². The second-order valence-corrected chi connectivity index (χ2v) is 15.8. The van der Waals surface area contributed by atoms with Gasteiger partial charge in [-0.2, -0.15) is 9.97 Å². The van der Waals surface area contributed by atoms with Crippen molar-refractivity contribution in [3.8, 4) is 51.2 Å². The monoisotopic (exact) mass is 806 g/mol. The van der Waals surface area contributed by atoms with Gasteiger partial charge in [0, 0.05) is 44.3 Å². The molecule has 7 aromatic carbocycles. The van der Waals surface area contributed by atoms with Crippen LogP contribution in [0.15, 0.2) is 207 Å². The maximum atomic E-state index is 5.16. The number of nitrogens with zero attached hydrogens (tertiary/aromatic N) is 8. The first-order chi connectivity index (χ1) is 31.2. The molecule has 0 saturated carbocycles. The summed E-state index contributed by atoms with van der Waals surface area (Å²) in [5.74, 6) is 1.81. The van der Waals surface area contributed by atoms with Crippen molar-refractivity contribution in [3.63, 3.8) is 0 Å². The molecule has 13 aromatic rings. The Morgan fingerprint density at radius 3 is 1.52 bits per heavy atom. The van der Waals surface area contributed by atoms with Crippen molar-refractivity contribution in [3.05, 3.63) is 207 Å². The highest BCUT2D eigenvalue weighted by atomic mass is 15.2. The molecule has 6 heterocycles. The zero-order valence-electron chi connectivity index (χ0n) is 33.7. The SMILES string of the molecule is c1ccc(-c2nc(-c3ccccc3)nc(-n3c4ccccc4c4ccc(-c5ccc6c(c5)c5ccccc5n6-c5cncc(-n6c7ccccc7c7ncccc76)c5)cc43)n2)cc1. The first-order valence-electron chi connectivity index (χ1n) is 21.0. The molecule has 6 aromatic heterocycles. The number of aromatic nitrogens is 8. The second-order valence-electron chi connectivity index (χ2n) is 15.8. The Balaban J connectivity index is 0.983. The highest BCUT2D eigenvalue weighted by Crippen LogP contribution is 2.39. The minimum absolute atomic E-state index is 0.567. The van der Waals surface area contributed by atoms with Crippen LogP contribution in [0.5, 0.6) is 0 Å². The molecule has 13 rings (SSSR count). The van der Waals surface area contributed by atoms with E-state index in [0.717, 1.165) is 93.8 Å². The molecular weight excluding hydrogens is 773 g/mol. The van der Waals surface area contributed by atoms with Crippen LogP contribution in [0.2, 0.25) is 0 Å². The lowest BCUT2D eigenvalue weighted by molar-refractivity contribution is 0.953. The molecule has 0 N–H and O–H groups in total. The van der Waals surface area contributed by atoms with Crippen molar-refractivity contribution in [2.75, 3.05) is 0 Å². The zero-order valence-corrected chi connectivity index (χ0v) is 33.7. The van der Waals surface area contributed by atoms with E-state index in [4.69, 9.17) is 24.9 Å². The number of hydrogen-bond donors (Lipinski definition) is 0. The molecule has 0 atom stereocenters. The summed E-state index contributed by atoms with van der Waals surface area (Å²) in [6, 6.07) is 65.7. The summed E-state index contributed by atoms with van der Waals surface area (Å²) >= 11 is 0. The summed E-state index contributed by atoms with van der Waals surface area (Å²) in [4.78, 5) is 24.9. The molecule has 0 aliphatic heterocycles. The van der Waals surface area contributed by atoms with Crippen molar-refractivity contribution < 1.29 is 0 Å². The number of para-hydroxylation sites is 3. The Kier molecular flexibility index (Phi) is 7.74. The molecule has 8 heteroatoms. The number of hydrogen-bond acceptors (Lipinski definition) is 5. The summed E-state index contributed by atoms with van der Waals surface area (Å²) in [6.45, 7) is 0. The molecule has 0 aliphatic carbocycles. The number of fused-ring (bicyclic) bond motifs is 9. The van der Waals surface area contributed by atoms with Crippen molar-refractivity contribution in [1.29, 1.82) is 0 Å². The van der Waals surface area contributed by atoms with Gasteiger partial charge in [-0.1, -0.05) is 133 Å². The third kappa shape index (κ3) is 5.52. The fourth-order valence-electron chi connectivity index (χ4n) is 9.42. The third-order valence-electron chi connectivity index (χ3n) is 12.2. The fraction of sp³-hybridized carbons (Fsp3) is 0. The van der Waals surface area contributed by atoms with E-state index in [1.807, 2.05) is 85.3 Å². The van der Waals surface area contributed by atoms with Crippen LogP contribution in [-0.4, -0.2) is 38.6 Å². The van der Waals surface area contributed by atoms with Gasteiger partial charge in [0.1, 0.15) is 0 Å². The lowest BCUT2D eigenvalue weighted by atomic mass is 10.0. The molecule has 294 valence electrons. The predicted octanol–water partition coefficient (Wildman–Crippen LogP) is 13.0. The second kappa shape index (κ2) is 13.9. The minimum Gasteiger partial charge on any atom is -0.308 e. The summed E-state index contributed by atoms with van der Waals surface area (Å²) in [5, 5.41) is 5.70. The molecule has 0 amide bonds. The van der Waals surface area contributed by atoms with Gasteiger partial charge >= 0.3 is 0 Å². The number of pyridine rings is 2. The fourth-order valence-corrected chi connectivity index (χ4v) is 9.42. The van der Waals surface area contributed by atoms with Crippen molar-refractivity contribution in [2.24, 2.45) is 0 Å². The van der Waals surface area contributed by atoms with E-state index < -0.39 is 0 Å². The Morgan fingerprint density at radius 2 is 0.825 bits per heavy atom. The van der Waals surface area contributed by atoms with Crippen LogP contribution in [0.3, 0.4) is 0 Å². The first-order valence-corrected chi connectivity index (χ1v) is 21.0. The average molecular weight is 807 g/mol. The van der Waals surface area contributed by atoms with E-state index in [1.165, 1.54) is 5.39 Å². The van der Waals surface area contributed by atoms with Crippen LogP contribution < -0.4 is 0 Å². The van der Waals surface area contributed by atoms with Gasteiger partial charge in [-0.3, -0.25) is 14.5 Å². The third-order valence-corrected chi connectivity index (χ3v) is 12.2. The van der Waals surface area contributed by atoms with E-state index in [1.54, 1.807) is 0 Å². The van der Waals surface area contributed by atoms with E-state index in [9.17, 15) is 0 Å². The normalized spacial score (nSPS) is 11.8. The molecule has 0 spiro atoms. The number of benzene rings is 7. The van der Waals surface area contributed by atoms with E-state index in [0.29, 0.717) is 17.6 Å². The Labute approximate surface area is 360 Å². The van der Waals surface area contributed by atoms with Crippen molar-refractivity contribution in [1.82, 2.24) is 38.6 Å². The highest BCUT2D eigenvalue weighted by Gasteiger charge is 2.20. The molecule has 0 saturated heterocycles. The van der Waals surface area contributed by atoms with E-state index >= 15 is 0 Å². The lowest BCUT2D eigenvalue weighted by Gasteiger charge is -2.12. The Bertz CT molecular complexity index is 3810. The maximum absolute atomic E-state index is 5.16. The van der Waals surface area contributed by atoms with Crippen LogP contribution >= 0.6 is 0 Å². The van der Waals surface area contributed by atoms with Gasteiger partial charge in [0.15, 0.2) is 11.6 Å². The van der Waals surface area contributed by atoms with E-state index in [2.05, 4.69) is 135 Å². The van der Waals surface area contributed by atoms with Crippen LogP contribution in [0.4, 0.5) is 0 Å². The minimum atomic E-state index is 0.567. The average Bonchev–Trinajstić information content (AvgIpc) is 4.00. The van der Waals surface area contributed by atoms with Crippen LogP contribution in [0.1, 0.15) is 0 Å². The van der Waals surface area contributed by atoms with Crippen LogP contribution in [-0.2, 0) is 0 Å². The van der Waals surface area contributed by atoms with Crippen molar-refractivity contribution in [2.45, 2.75) is 0 Å². The van der Waals surface area contributed by atoms with Gasteiger partial charge in [0.05, 0.1) is 62.4 Å². The molecule has 0 radical (unpaired) electrons. The molecule has 8 nitrogen and oxygen atoms in total. The predicted molar refractivity (Wildman–Crippen MR) is 255 cm³/mol. The first kappa shape index (κ1) is 35.0. The van der Waals surface area contributed by atoms with Gasteiger partial charge < -0.3 is 9.13 Å². The summed E-state index contributed by atoms with van der Waals surface area (Å²) in [6.07, 6.45) is 5.75.